The van der Waals surface area contributed by atoms with Gasteiger partial charge in [-0.05, 0) is 41.7 Å². The van der Waals surface area contributed by atoms with Crippen LogP contribution in [0.2, 0.25) is 0 Å². The first-order valence-electron chi connectivity index (χ1n) is 13.7. The van der Waals surface area contributed by atoms with Crippen LogP contribution in [0.5, 0.6) is 0 Å². The van der Waals surface area contributed by atoms with Crippen LogP contribution in [0.3, 0.4) is 0 Å². The second-order valence-electron chi connectivity index (χ2n) is 10.2. The number of aryl methyl sites for hydroxylation is 2. The first kappa shape index (κ1) is 29.2. The molecule has 0 aliphatic carbocycles. The minimum Gasteiger partial charge on any atom is -0.351 e. The van der Waals surface area contributed by atoms with Gasteiger partial charge < -0.3 is 11.1 Å². The van der Waals surface area contributed by atoms with Crippen LogP contribution in [0.25, 0.3) is 16.9 Å². The minimum atomic E-state index is -4.50. The number of fused-ring (bicyclic) bond motifs is 1. The van der Waals surface area contributed by atoms with Crippen molar-refractivity contribution < 1.29 is 26.7 Å². The molecule has 1 aliphatic heterocycles. The van der Waals surface area contributed by atoms with Crippen molar-refractivity contribution in [3.8, 4) is 16.9 Å². The molecule has 4 aromatic rings. The maximum Gasteiger partial charge on any atom is 0.416 e. The van der Waals surface area contributed by atoms with E-state index in [-0.39, 0.29) is 24.2 Å². The molecule has 2 amide bonds. The number of aromatic nitrogens is 2. The normalized spacial score (nSPS) is 13.7. The second kappa shape index (κ2) is 11.6. The largest absolute Gasteiger partial charge is 0.416 e. The maximum absolute atomic E-state index is 15.8. The Morgan fingerprint density at radius 3 is 2.29 bits per heavy atom. The highest BCUT2D eigenvalue weighted by atomic mass is 19.4. The van der Waals surface area contributed by atoms with Gasteiger partial charge in [-0.2, -0.15) is 18.3 Å². The number of nitrogens with one attached hydrogen (secondary N) is 1. The number of nitrogens with zero attached hydrogens (tertiary/aromatic N) is 3. The van der Waals surface area contributed by atoms with E-state index in [2.05, 4.69) is 5.32 Å². The average molecular weight is 584 g/mol. The summed E-state index contributed by atoms with van der Waals surface area (Å²) in [5.74, 6) is -1.70. The van der Waals surface area contributed by atoms with Crippen molar-refractivity contribution in [2.45, 2.75) is 52.4 Å². The Morgan fingerprint density at radius 1 is 0.976 bits per heavy atom. The number of hydrogen-bond donors (Lipinski definition) is 2. The Morgan fingerprint density at radius 2 is 1.64 bits per heavy atom. The highest BCUT2D eigenvalue weighted by molar-refractivity contribution is 5.88. The molecule has 5 rings (SSSR count). The molecule has 3 aromatic carbocycles. The molecule has 0 saturated heterocycles. The van der Waals surface area contributed by atoms with Crippen LogP contribution in [0.4, 0.5) is 32.4 Å². The van der Waals surface area contributed by atoms with Crippen LogP contribution >= 0.6 is 0 Å². The number of rotatable bonds is 7. The quantitative estimate of drug-likeness (QED) is 0.230. The summed E-state index contributed by atoms with van der Waals surface area (Å²) >= 11 is 0. The molecule has 0 fully saturated rings. The molecule has 0 bridgehead atoms. The molecule has 42 heavy (non-hydrogen) atoms. The van der Waals surface area contributed by atoms with Crippen LogP contribution < -0.4 is 11.1 Å². The minimum absolute atomic E-state index is 0.0177. The lowest BCUT2D eigenvalue weighted by Crippen LogP contribution is -2.30. The molecule has 6 nitrogen and oxygen atoms in total. The van der Waals surface area contributed by atoms with Gasteiger partial charge in [0.1, 0.15) is 11.6 Å². The molecule has 1 aliphatic rings. The van der Waals surface area contributed by atoms with Crippen molar-refractivity contribution in [1.82, 2.24) is 14.7 Å². The Labute approximate surface area is 239 Å². The van der Waals surface area contributed by atoms with Gasteiger partial charge in [0.25, 0.3) is 0 Å². The maximum atomic E-state index is 15.8. The van der Waals surface area contributed by atoms with Gasteiger partial charge in [-0.1, -0.05) is 50.2 Å². The van der Waals surface area contributed by atoms with E-state index in [9.17, 15) is 18.0 Å². The highest BCUT2D eigenvalue weighted by Gasteiger charge is 2.34. The van der Waals surface area contributed by atoms with Gasteiger partial charge >= 0.3 is 12.2 Å². The van der Waals surface area contributed by atoms with E-state index >= 15 is 8.78 Å². The van der Waals surface area contributed by atoms with Gasteiger partial charge in [0.2, 0.25) is 0 Å². The predicted molar refractivity (Wildman–Crippen MR) is 150 cm³/mol. The molecule has 0 atom stereocenters. The van der Waals surface area contributed by atoms with Gasteiger partial charge in [0.05, 0.1) is 28.3 Å². The number of primary amides is 1. The van der Waals surface area contributed by atoms with Gasteiger partial charge in [-0.25, -0.2) is 18.3 Å². The number of benzene rings is 3. The summed E-state index contributed by atoms with van der Waals surface area (Å²) in [6.45, 7) is 4.61. The zero-order valence-corrected chi connectivity index (χ0v) is 23.2. The lowest BCUT2D eigenvalue weighted by Gasteiger charge is -2.28. The lowest BCUT2D eigenvalue weighted by atomic mass is 9.97. The Kier molecular flexibility index (Phi) is 8.05. The Balaban J connectivity index is 1.67. The number of alkyl halides is 3. The SMILES string of the molecule is CCc1cccc(CC)c1-n1nc2c(c1-c1cc(F)c(NC(N)=O)cc1F)CN(Cc1ccccc1C(F)(F)F)CC2. The van der Waals surface area contributed by atoms with Crippen molar-refractivity contribution in [1.29, 1.82) is 0 Å². The summed E-state index contributed by atoms with van der Waals surface area (Å²) in [6.07, 6.45) is -2.78. The van der Waals surface area contributed by atoms with Crippen LogP contribution in [0.1, 0.15) is 47.4 Å². The molecular formula is C31H30F5N5O. The van der Waals surface area contributed by atoms with Crippen molar-refractivity contribution in [3.05, 3.63) is 99.7 Å². The molecule has 0 unspecified atom stereocenters. The highest BCUT2D eigenvalue weighted by Crippen LogP contribution is 2.39. The van der Waals surface area contributed by atoms with E-state index in [1.54, 1.807) is 10.7 Å². The smallest absolute Gasteiger partial charge is 0.351 e. The number of halogens is 5. The number of para-hydroxylation sites is 1. The molecular weight excluding hydrogens is 553 g/mol. The predicted octanol–water partition coefficient (Wildman–Crippen LogP) is 7.01. The van der Waals surface area contributed by atoms with Gasteiger partial charge in [0, 0.05) is 43.2 Å². The van der Waals surface area contributed by atoms with Crippen LogP contribution in [-0.2, 0) is 38.5 Å². The average Bonchev–Trinajstić information content (AvgIpc) is 3.31. The van der Waals surface area contributed by atoms with Crippen molar-refractivity contribution in [3.63, 3.8) is 0 Å². The molecule has 0 saturated carbocycles. The van der Waals surface area contributed by atoms with E-state index in [4.69, 9.17) is 10.8 Å². The fourth-order valence-electron chi connectivity index (χ4n) is 5.62. The third kappa shape index (κ3) is 5.61. The Hall–Kier alpha value is -4.25. The number of nitrogens with two attached hydrogens (primary N) is 1. The Bertz CT molecular complexity index is 1620. The number of urea groups is 1. The molecule has 11 heteroatoms. The summed E-state index contributed by atoms with van der Waals surface area (Å²) in [4.78, 5) is 13.2. The number of hydrogen-bond acceptors (Lipinski definition) is 3. The molecule has 0 radical (unpaired) electrons. The molecule has 220 valence electrons. The zero-order chi connectivity index (χ0) is 30.2. The summed E-state index contributed by atoms with van der Waals surface area (Å²) in [5.41, 5.74) is 8.32. The van der Waals surface area contributed by atoms with Gasteiger partial charge in [0.15, 0.2) is 0 Å². The fraction of sp³-hybridized carbons (Fsp3) is 0.290. The van der Waals surface area contributed by atoms with Crippen LogP contribution in [-0.4, -0.2) is 27.3 Å². The fourth-order valence-corrected chi connectivity index (χ4v) is 5.62. The monoisotopic (exact) mass is 583 g/mol. The van der Waals surface area contributed by atoms with E-state index < -0.39 is 35.1 Å². The third-order valence-electron chi connectivity index (χ3n) is 7.58. The molecule has 2 heterocycles. The van der Waals surface area contributed by atoms with Crippen LogP contribution in [0, 0.1) is 11.6 Å². The van der Waals surface area contributed by atoms with Crippen molar-refractivity contribution >= 4 is 11.7 Å². The van der Waals surface area contributed by atoms with Crippen molar-refractivity contribution in [2.75, 3.05) is 11.9 Å². The van der Waals surface area contributed by atoms with Crippen LogP contribution in [0.15, 0.2) is 54.6 Å². The first-order chi connectivity index (χ1) is 20.0. The zero-order valence-electron chi connectivity index (χ0n) is 23.2. The first-order valence-corrected chi connectivity index (χ1v) is 13.7. The number of carbonyl (C=O) groups is 1. The summed E-state index contributed by atoms with van der Waals surface area (Å²) < 4.78 is 73.7. The lowest BCUT2D eigenvalue weighted by molar-refractivity contribution is -0.138. The van der Waals surface area contributed by atoms with E-state index in [0.717, 1.165) is 35.0 Å². The molecule has 0 spiro atoms. The van der Waals surface area contributed by atoms with Crippen molar-refractivity contribution in [2.24, 2.45) is 5.73 Å². The topological polar surface area (TPSA) is 76.2 Å². The second-order valence-corrected chi connectivity index (χ2v) is 10.2. The molecule has 1 aromatic heterocycles. The number of amides is 2. The van der Waals surface area contributed by atoms with Gasteiger partial charge in [-0.15, -0.1) is 0 Å². The summed E-state index contributed by atoms with van der Waals surface area (Å²) in [6, 6.07) is 12.1. The standard InChI is InChI=1S/C31H30F5N5O/c1-3-18-9-7-10-19(4-2)28(18)41-29(21-14-25(33)27(15-24(21)32)38-30(37)42)22-17-40(13-12-26(22)39-41)16-20-8-5-6-11-23(20)31(34,35)36/h5-11,14-15H,3-4,12-13,16-17H2,1-2H3,(H3,37,38,42). The van der Waals surface area contributed by atoms with E-state index in [1.807, 2.05) is 36.9 Å². The molecule has 3 N–H and O–H groups in total. The van der Waals surface area contributed by atoms with E-state index in [0.29, 0.717) is 42.8 Å². The van der Waals surface area contributed by atoms with Gasteiger partial charge in [-0.3, -0.25) is 4.90 Å². The summed E-state index contributed by atoms with van der Waals surface area (Å²) in [5, 5.41) is 6.97. The number of carbonyl (C=O) groups excluding carboxylic acids is 1. The third-order valence-corrected chi connectivity index (χ3v) is 7.58. The number of anilines is 1. The summed E-state index contributed by atoms with van der Waals surface area (Å²) in [7, 11) is 0. The van der Waals surface area contributed by atoms with E-state index in [1.165, 1.54) is 12.1 Å².